The molecule has 0 aliphatic carbocycles. The third kappa shape index (κ3) is 4.40. The van der Waals surface area contributed by atoms with Crippen molar-refractivity contribution in [1.29, 1.82) is 0 Å². The molecule has 0 heterocycles. The van der Waals surface area contributed by atoms with E-state index in [1.54, 1.807) is 0 Å². The van der Waals surface area contributed by atoms with Crippen LogP contribution in [0, 0.1) is 0 Å². The first kappa shape index (κ1) is 5.40. The molecule has 0 radical (unpaired) electrons. The van der Waals surface area contributed by atoms with Gasteiger partial charge in [0, 0.05) is 6.54 Å². The summed E-state index contributed by atoms with van der Waals surface area (Å²) in [7, 11) is 0. The number of thiocarbonyl (C=S) groups is 1. The van der Waals surface area contributed by atoms with Gasteiger partial charge in [0.1, 0.15) is 0 Å². The van der Waals surface area contributed by atoms with Crippen LogP contribution in [0.2, 0.25) is 0 Å². The van der Waals surface area contributed by atoms with Gasteiger partial charge >= 0.3 is 0 Å². The fraction of sp³-hybridized carbons (Fsp3) is 0.500. The first-order valence-electron chi connectivity index (χ1n) is 1.19. The van der Waals surface area contributed by atoms with Crippen LogP contribution in [0.15, 0.2) is 0 Å². The molecule has 2 N–H and O–H groups in total. The Hall–Kier alpha value is 0.400. The maximum absolute atomic E-state index is 4.95. The van der Waals surface area contributed by atoms with Crippen molar-refractivity contribution in [2.75, 3.05) is 6.54 Å². The second kappa shape index (κ2) is 2.63. The smallest absolute Gasteiger partial charge is 0.0584 e. The number of hydrogen-bond acceptors (Lipinski definition) is 2. The van der Waals surface area contributed by atoms with E-state index in [1.165, 1.54) is 0 Å². The summed E-state index contributed by atoms with van der Waals surface area (Å²) in [5.41, 5.74) is 4.95. The van der Waals surface area contributed by atoms with Gasteiger partial charge in [-0.3, -0.25) is 0 Å². The molecule has 0 atom stereocenters. The topological polar surface area (TPSA) is 26.0 Å². The minimum absolute atomic E-state index is 0.401. The normalized spacial score (nSPS) is 7.60. The van der Waals surface area contributed by atoms with Crippen molar-refractivity contribution >= 4 is 29.0 Å². The molecule has 0 bridgehead atoms. The van der Waals surface area contributed by atoms with E-state index in [9.17, 15) is 0 Å². The van der Waals surface area contributed by atoms with Crippen LogP contribution < -0.4 is 5.73 Å². The lowest BCUT2D eigenvalue weighted by molar-refractivity contribution is 1.36. The summed E-state index contributed by atoms with van der Waals surface area (Å²) in [6.45, 7) is 0.401. The summed E-state index contributed by atoms with van der Waals surface area (Å²) in [5, 5.41) is 0. The Morgan fingerprint density at radius 2 is 2.20 bits per heavy atom. The molecule has 0 rings (SSSR count). The summed E-state index contributed by atoms with van der Waals surface area (Å²) in [6.07, 6.45) is 0. The highest BCUT2D eigenvalue weighted by atomic mass is 32.1. The van der Waals surface area contributed by atoms with E-state index >= 15 is 0 Å². The van der Waals surface area contributed by atoms with E-state index in [0.717, 1.165) is 0 Å². The molecule has 0 aliphatic heterocycles. The van der Waals surface area contributed by atoms with Crippen LogP contribution in [0.5, 0.6) is 0 Å². The Labute approximate surface area is 42.0 Å². The SMILES string of the molecule is NCC(=S)S. The van der Waals surface area contributed by atoms with Crippen molar-refractivity contribution in [3.05, 3.63) is 0 Å². The first-order valence-corrected chi connectivity index (χ1v) is 2.04. The monoisotopic (exact) mass is 107 g/mol. The number of nitrogens with two attached hydrogens (primary N) is 1. The molecule has 0 fully saturated rings. The predicted octanol–water partition coefficient (Wildman–Crippen LogP) is 0.202. The van der Waals surface area contributed by atoms with E-state index in [-0.39, 0.29) is 0 Å². The molecule has 0 unspecified atom stereocenters. The van der Waals surface area contributed by atoms with Gasteiger partial charge in [-0.05, 0) is 0 Å². The Balaban J connectivity index is 2.85. The minimum Gasteiger partial charge on any atom is -0.325 e. The van der Waals surface area contributed by atoms with Crippen LogP contribution in [0.25, 0.3) is 0 Å². The third-order valence-electron chi connectivity index (χ3n) is 0.175. The van der Waals surface area contributed by atoms with Crippen LogP contribution in [-0.4, -0.2) is 10.7 Å². The molecular weight excluding hydrogens is 102 g/mol. The van der Waals surface area contributed by atoms with Crippen molar-refractivity contribution in [1.82, 2.24) is 0 Å². The highest BCUT2D eigenvalue weighted by molar-refractivity contribution is 8.11. The molecule has 0 saturated carbocycles. The highest BCUT2D eigenvalue weighted by Gasteiger charge is 1.72. The zero-order valence-electron chi connectivity index (χ0n) is 2.64. The molecular formula is C2H5NS2. The fourth-order valence-electron chi connectivity index (χ4n) is 0. The Morgan fingerprint density at radius 3 is 2.20 bits per heavy atom. The predicted molar refractivity (Wildman–Crippen MR) is 30.6 cm³/mol. The van der Waals surface area contributed by atoms with Crippen LogP contribution in [0.3, 0.4) is 0 Å². The van der Waals surface area contributed by atoms with Gasteiger partial charge in [0.15, 0.2) is 0 Å². The number of thiol groups is 1. The second-order valence-electron chi connectivity index (χ2n) is 0.598. The number of hydrogen-bond donors (Lipinski definition) is 2. The van der Waals surface area contributed by atoms with Gasteiger partial charge < -0.3 is 5.73 Å². The number of rotatable bonds is 1. The molecule has 0 spiro atoms. The van der Waals surface area contributed by atoms with Crippen molar-refractivity contribution in [3.8, 4) is 0 Å². The summed E-state index contributed by atoms with van der Waals surface area (Å²) in [5.74, 6) is 0. The molecule has 0 saturated heterocycles. The first-order chi connectivity index (χ1) is 2.27. The van der Waals surface area contributed by atoms with E-state index in [0.29, 0.717) is 10.7 Å². The standard InChI is InChI=1S/C2H5NS2/c3-1-2(4)5/h1,3H2,(H,4,5). The van der Waals surface area contributed by atoms with Crippen LogP contribution in [-0.2, 0) is 0 Å². The van der Waals surface area contributed by atoms with Gasteiger partial charge in [-0.1, -0.05) is 12.2 Å². The fourth-order valence-corrected chi connectivity index (χ4v) is 0. The van der Waals surface area contributed by atoms with Crippen molar-refractivity contribution < 1.29 is 0 Å². The minimum atomic E-state index is 0.401. The van der Waals surface area contributed by atoms with Crippen molar-refractivity contribution in [3.63, 3.8) is 0 Å². The molecule has 1 nitrogen and oxygen atoms in total. The summed E-state index contributed by atoms with van der Waals surface area (Å²) in [4.78, 5) is 0. The molecule has 0 aromatic heterocycles. The lowest BCUT2D eigenvalue weighted by atomic mass is 10.8. The van der Waals surface area contributed by atoms with Crippen LogP contribution >= 0.6 is 24.8 Å². The zero-order chi connectivity index (χ0) is 4.28. The molecule has 3 heteroatoms. The van der Waals surface area contributed by atoms with Gasteiger partial charge in [-0.2, -0.15) is 0 Å². The Bertz CT molecular complexity index is 42.9. The lowest BCUT2D eigenvalue weighted by Gasteiger charge is -1.76. The molecule has 0 aromatic carbocycles. The highest BCUT2D eigenvalue weighted by Crippen LogP contribution is 1.74. The molecule has 30 valence electrons. The van der Waals surface area contributed by atoms with Gasteiger partial charge in [0.2, 0.25) is 0 Å². The van der Waals surface area contributed by atoms with Gasteiger partial charge in [-0.15, -0.1) is 12.6 Å². The second-order valence-corrected chi connectivity index (χ2v) is 1.93. The average molecular weight is 107 g/mol. The Kier molecular flexibility index (Phi) is 2.84. The van der Waals surface area contributed by atoms with Gasteiger partial charge in [-0.25, -0.2) is 0 Å². The molecule has 0 aliphatic rings. The van der Waals surface area contributed by atoms with Gasteiger partial charge in [0.25, 0.3) is 0 Å². The van der Waals surface area contributed by atoms with E-state index in [2.05, 4.69) is 24.8 Å². The van der Waals surface area contributed by atoms with Crippen molar-refractivity contribution in [2.45, 2.75) is 0 Å². The van der Waals surface area contributed by atoms with E-state index in [4.69, 9.17) is 5.73 Å². The molecule has 5 heavy (non-hydrogen) atoms. The summed E-state index contributed by atoms with van der Waals surface area (Å²) in [6, 6.07) is 0. The zero-order valence-corrected chi connectivity index (χ0v) is 4.35. The quantitative estimate of drug-likeness (QED) is 0.370. The van der Waals surface area contributed by atoms with Crippen LogP contribution in [0.4, 0.5) is 0 Å². The third-order valence-corrected chi connectivity index (χ3v) is 0.524. The summed E-state index contributed by atoms with van der Waals surface area (Å²) >= 11 is 8.14. The summed E-state index contributed by atoms with van der Waals surface area (Å²) < 4.78 is 0.560. The van der Waals surface area contributed by atoms with Crippen molar-refractivity contribution in [2.24, 2.45) is 5.73 Å². The van der Waals surface area contributed by atoms with E-state index < -0.39 is 0 Å². The van der Waals surface area contributed by atoms with Crippen LogP contribution in [0.1, 0.15) is 0 Å². The Morgan fingerprint density at radius 1 is 2.00 bits per heavy atom. The maximum Gasteiger partial charge on any atom is 0.0584 e. The molecule has 0 amide bonds. The lowest BCUT2D eigenvalue weighted by Crippen LogP contribution is -2.03. The van der Waals surface area contributed by atoms with Gasteiger partial charge in [0.05, 0.1) is 4.20 Å². The molecule has 0 aromatic rings. The van der Waals surface area contributed by atoms with E-state index in [1.807, 2.05) is 0 Å². The largest absolute Gasteiger partial charge is 0.325 e. The average Bonchev–Trinajstić information content (AvgIpc) is 1.38. The maximum atomic E-state index is 4.95.